The first kappa shape index (κ1) is 21.3. The van der Waals surface area contributed by atoms with Gasteiger partial charge in [0.15, 0.2) is 0 Å². The number of hydrogen-bond acceptors (Lipinski definition) is 4. The number of carbonyl (C=O) groups excluding carboxylic acids is 2. The standard InChI is InChI=1S/C18H18F4N4O2/c1-9-5-11(3)23-13(7-9)25-15(27)17(19,20)18(21,22)16(28)26-14-8-10(2)6-12(4)24-14/h5-8H,1-4H3,(H,23,25,27)(H,24,26,28). The van der Waals surface area contributed by atoms with Gasteiger partial charge in [-0.1, -0.05) is 0 Å². The number of aryl methyl sites for hydroxylation is 4. The number of amides is 2. The molecule has 0 aliphatic rings. The number of nitrogens with zero attached hydrogens (tertiary/aromatic N) is 2. The summed E-state index contributed by atoms with van der Waals surface area (Å²) >= 11 is 0. The van der Waals surface area contributed by atoms with Crippen LogP contribution < -0.4 is 10.6 Å². The number of alkyl halides is 4. The Morgan fingerprint density at radius 1 is 0.714 bits per heavy atom. The Kier molecular flexibility index (Phi) is 5.72. The van der Waals surface area contributed by atoms with Crippen LogP contribution >= 0.6 is 0 Å². The summed E-state index contributed by atoms with van der Waals surface area (Å²) in [5.41, 5.74) is 1.95. The van der Waals surface area contributed by atoms with Crippen LogP contribution in [0.25, 0.3) is 0 Å². The minimum Gasteiger partial charge on any atom is -0.305 e. The molecule has 2 heterocycles. The van der Waals surface area contributed by atoms with E-state index < -0.39 is 23.7 Å². The summed E-state index contributed by atoms with van der Waals surface area (Å²) in [6.07, 6.45) is 0. The molecule has 2 aromatic heterocycles. The van der Waals surface area contributed by atoms with Crippen molar-refractivity contribution < 1.29 is 27.2 Å². The van der Waals surface area contributed by atoms with Gasteiger partial charge in [0.1, 0.15) is 11.6 Å². The van der Waals surface area contributed by atoms with E-state index in [9.17, 15) is 27.2 Å². The number of pyridine rings is 2. The van der Waals surface area contributed by atoms with Crippen LogP contribution in [-0.4, -0.2) is 33.6 Å². The molecule has 0 spiro atoms. The lowest BCUT2D eigenvalue weighted by Gasteiger charge is -2.24. The molecular weight excluding hydrogens is 380 g/mol. The molecule has 2 aromatic rings. The third-order valence-corrected chi connectivity index (χ3v) is 3.64. The van der Waals surface area contributed by atoms with Crippen LogP contribution in [-0.2, 0) is 9.59 Å². The summed E-state index contributed by atoms with van der Waals surface area (Å²) in [5, 5.41) is 3.26. The van der Waals surface area contributed by atoms with Gasteiger partial charge in [0.2, 0.25) is 0 Å². The molecule has 6 nitrogen and oxygen atoms in total. The maximum absolute atomic E-state index is 14.1. The summed E-state index contributed by atoms with van der Waals surface area (Å²) in [4.78, 5) is 31.1. The van der Waals surface area contributed by atoms with Crippen LogP contribution in [0, 0.1) is 27.7 Å². The van der Waals surface area contributed by atoms with Crippen molar-refractivity contribution in [2.24, 2.45) is 0 Å². The molecule has 2 N–H and O–H groups in total. The smallest absolute Gasteiger partial charge is 0.305 e. The van der Waals surface area contributed by atoms with E-state index in [1.807, 2.05) is 0 Å². The molecule has 0 bridgehead atoms. The molecule has 150 valence electrons. The summed E-state index contributed by atoms with van der Waals surface area (Å²) < 4.78 is 56.5. The Morgan fingerprint density at radius 3 is 1.32 bits per heavy atom. The van der Waals surface area contributed by atoms with E-state index in [1.54, 1.807) is 50.5 Å². The molecule has 10 heteroatoms. The highest BCUT2D eigenvalue weighted by atomic mass is 19.3. The number of anilines is 2. The summed E-state index contributed by atoms with van der Waals surface area (Å²) in [6, 6.07) is 5.68. The monoisotopic (exact) mass is 398 g/mol. The van der Waals surface area contributed by atoms with Gasteiger partial charge in [-0.05, 0) is 63.1 Å². The fourth-order valence-corrected chi connectivity index (χ4v) is 2.49. The van der Waals surface area contributed by atoms with E-state index >= 15 is 0 Å². The lowest BCUT2D eigenvalue weighted by molar-refractivity contribution is -0.204. The Morgan fingerprint density at radius 2 is 1.04 bits per heavy atom. The van der Waals surface area contributed by atoms with Crippen molar-refractivity contribution in [3.05, 3.63) is 46.8 Å². The SMILES string of the molecule is Cc1cc(C)nc(NC(=O)C(F)(F)C(F)(F)C(=O)Nc2cc(C)cc(C)n2)c1. The van der Waals surface area contributed by atoms with E-state index in [0.29, 0.717) is 22.5 Å². The Labute approximate surface area is 158 Å². The summed E-state index contributed by atoms with van der Waals surface area (Å²) in [7, 11) is 0. The highest BCUT2D eigenvalue weighted by Crippen LogP contribution is 2.36. The topological polar surface area (TPSA) is 84.0 Å². The lowest BCUT2D eigenvalue weighted by Crippen LogP contribution is -2.56. The first-order valence-corrected chi connectivity index (χ1v) is 8.12. The maximum Gasteiger partial charge on any atom is 0.396 e. The predicted molar refractivity (Wildman–Crippen MR) is 94.6 cm³/mol. The number of nitrogens with one attached hydrogen (secondary N) is 2. The molecule has 0 aliphatic carbocycles. The summed E-state index contributed by atoms with van der Waals surface area (Å²) in [6.45, 7) is 6.31. The van der Waals surface area contributed by atoms with Gasteiger partial charge in [0.05, 0.1) is 0 Å². The van der Waals surface area contributed by atoms with Gasteiger partial charge in [-0.15, -0.1) is 0 Å². The van der Waals surface area contributed by atoms with Gasteiger partial charge in [0, 0.05) is 11.4 Å². The average molecular weight is 398 g/mol. The number of hydrogen-bond donors (Lipinski definition) is 2. The van der Waals surface area contributed by atoms with Gasteiger partial charge in [0.25, 0.3) is 0 Å². The molecule has 0 fully saturated rings. The minimum atomic E-state index is -5.32. The number of aromatic nitrogens is 2. The largest absolute Gasteiger partial charge is 0.396 e. The second-order valence-electron chi connectivity index (χ2n) is 6.40. The van der Waals surface area contributed by atoms with Crippen molar-refractivity contribution in [2.75, 3.05) is 10.6 Å². The van der Waals surface area contributed by atoms with Crippen molar-refractivity contribution in [2.45, 2.75) is 39.5 Å². The first-order chi connectivity index (χ1) is 12.8. The van der Waals surface area contributed by atoms with E-state index in [1.165, 1.54) is 12.1 Å². The van der Waals surface area contributed by atoms with Gasteiger partial charge >= 0.3 is 23.7 Å². The van der Waals surface area contributed by atoms with Crippen LogP contribution in [0.1, 0.15) is 22.5 Å². The van der Waals surface area contributed by atoms with Gasteiger partial charge in [-0.2, -0.15) is 17.6 Å². The Balaban J connectivity index is 2.22. The second kappa shape index (κ2) is 7.53. The molecule has 0 unspecified atom stereocenters. The van der Waals surface area contributed by atoms with Gasteiger partial charge in [-0.25, -0.2) is 9.97 Å². The highest BCUT2D eigenvalue weighted by Gasteiger charge is 2.67. The maximum atomic E-state index is 14.1. The minimum absolute atomic E-state index is 0.325. The first-order valence-electron chi connectivity index (χ1n) is 8.12. The average Bonchev–Trinajstić information content (AvgIpc) is 2.52. The second-order valence-corrected chi connectivity index (χ2v) is 6.40. The predicted octanol–water partition coefficient (Wildman–Crippen LogP) is 3.56. The van der Waals surface area contributed by atoms with Crippen molar-refractivity contribution in [1.29, 1.82) is 0 Å². The normalized spacial score (nSPS) is 11.9. The van der Waals surface area contributed by atoms with Crippen LogP contribution in [0.5, 0.6) is 0 Å². The van der Waals surface area contributed by atoms with Crippen LogP contribution in [0.4, 0.5) is 29.2 Å². The van der Waals surface area contributed by atoms with Crippen LogP contribution in [0.2, 0.25) is 0 Å². The molecule has 0 radical (unpaired) electrons. The third kappa shape index (κ3) is 4.44. The van der Waals surface area contributed by atoms with E-state index in [2.05, 4.69) is 9.97 Å². The summed E-state index contributed by atoms with van der Waals surface area (Å²) in [5.74, 6) is -16.0. The molecule has 0 atom stereocenters. The number of halogens is 4. The quantitative estimate of drug-likeness (QED) is 0.755. The Bertz CT molecular complexity index is 816. The van der Waals surface area contributed by atoms with Crippen molar-refractivity contribution in [1.82, 2.24) is 9.97 Å². The van der Waals surface area contributed by atoms with Crippen molar-refractivity contribution in [3.63, 3.8) is 0 Å². The highest BCUT2D eigenvalue weighted by molar-refractivity contribution is 6.05. The van der Waals surface area contributed by atoms with Crippen LogP contribution in [0.3, 0.4) is 0 Å². The number of rotatable bonds is 5. The van der Waals surface area contributed by atoms with E-state index in [-0.39, 0.29) is 11.6 Å². The zero-order valence-corrected chi connectivity index (χ0v) is 15.5. The van der Waals surface area contributed by atoms with Gasteiger partial charge < -0.3 is 10.6 Å². The molecule has 0 aliphatic heterocycles. The fourth-order valence-electron chi connectivity index (χ4n) is 2.49. The molecule has 2 amide bonds. The van der Waals surface area contributed by atoms with E-state index in [0.717, 1.165) is 0 Å². The number of carbonyl (C=O) groups is 2. The molecule has 28 heavy (non-hydrogen) atoms. The lowest BCUT2D eigenvalue weighted by atomic mass is 10.1. The molecule has 0 aromatic carbocycles. The Hall–Kier alpha value is -3.04. The van der Waals surface area contributed by atoms with Crippen molar-refractivity contribution >= 4 is 23.5 Å². The van der Waals surface area contributed by atoms with Gasteiger partial charge in [-0.3, -0.25) is 9.59 Å². The van der Waals surface area contributed by atoms with Crippen LogP contribution in [0.15, 0.2) is 24.3 Å². The molecule has 0 saturated carbocycles. The zero-order chi connectivity index (χ0) is 21.3. The van der Waals surface area contributed by atoms with E-state index in [4.69, 9.17) is 0 Å². The fraction of sp³-hybridized carbons (Fsp3) is 0.333. The molecule has 0 saturated heterocycles. The molecular formula is C18H18F4N4O2. The zero-order valence-electron chi connectivity index (χ0n) is 15.5. The molecule has 2 rings (SSSR count). The third-order valence-electron chi connectivity index (χ3n) is 3.64. The van der Waals surface area contributed by atoms with Crippen molar-refractivity contribution in [3.8, 4) is 0 Å².